The van der Waals surface area contributed by atoms with Gasteiger partial charge >= 0.3 is 0 Å². The Balaban J connectivity index is 2.53. The molecule has 0 saturated heterocycles. The molecular weight excluding hydrogens is 168 g/mol. The van der Waals surface area contributed by atoms with Crippen molar-refractivity contribution < 1.29 is 0 Å². The molecule has 0 aliphatic carbocycles. The van der Waals surface area contributed by atoms with Crippen LogP contribution in [-0.2, 0) is 6.54 Å². The van der Waals surface area contributed by atoms with Crippen LogP contribution >= 0.6 is 11.3 Å². The van der Waals surface area contributed by atoms with Crippen LogP contribution in [0, 0.1) is 6.92 Å². The maximum absolute atomic E-state index is 5.58. The van der Waals surface area contributed by atoms with Crippen LogP contribution < -0.4 is 5.73 Å². The van der Waals surface area contributed by atoms with Crippen LogP contribution in [-0.4, -0.2) is 5.84 Å². The van der Waals surface area contributed by atoms with Crippen LogP contribution in [0.4, 0.5) is 0 Å². The third-order valence-corrected chi connectivity index (χ3v) is 2.58. The Labute approximate surface area is 77.1 Å². The minimum atomic E-state index is 0.734. The van der Waals surface area contributed by atoms with Gasteiger partial charge in [0.15, 0.2) is 0 Å². The van der Waals surface area contributed by atoms with Gasteiger partial charge in [-0.3, -0.25) is 4.99 Å². The zero-order valence-electron chi connectivity index (χ0n) is 7.50. The van der Waals surface area contributed by atoms with E-state index in [1.807, 2.05) is 6.92 Å². The first-order valence-electron chi connectivity index (χ1n) is 4.06. The van der Waals surface area contributed by atoms with Crippen LogP contribution in [0.5, 0.6) is 0 Å². The van der Waals surface area contributed by atoms with E-state index in [2.05, 4.69) is 24.0 Å². The van der Waals surface area contributed by atoms with Crippen LogP contribution in [0.1, 0.15) is 23.1 Å². The number of rotatable bonds is 3. The lowest BCUT2D eigenvalue weighted by Gasteiger charge is -1.93. The molecule has 0 radical (unpaired) electrons. The zero-order valence-corrected chi connectivity index (χ0v) is 8.32. The molecule has 12 heavy (non-hydrogen) atoms. The van der Waals surface area contributed by atoms with Gasteiger partial charge in [0.1, 0.15) is 0 Å². The number of aliphatic imine (C=N–C) groups is 1. The molecule has 0 saturated carbocycles. The summed E-state index contributed by atoms with van der Waals surface area (Å²) in [5.41, 5.74) is 5.58. The van der Waals surface area contributed by atoms with E-state index in [0.29, 0.717) is 0 Å². The summed E-state index contributed by atoms with van der Waals surface area (Å²) in [5.74, 6) is 0.737. The van der Waals surface area contributed by atoms with Crippen molar-refractivity contribution in [3.8, 4) is 0 Å². The fourth-order valence-electron chi connectivity index (χ4n) is 0.861. The van der Waals surface area contributed by atoms with Crippen LogP contribution in [0.3, 0.4) is 0 Å². The topological polar surface area (TPSA) is 38.4 Å². The van der Waals surface area contributed by atoms with Gasteiger partial charge in [-0.2, -0.15) is 0 Å². The van der Waals surface area contributed by atoms with Crippen molar-refractivity contribution in [3.63, 3.8) is 0 Å². The van der Waals surface area contributed by atoms with Crippen LogP contribution in [0.25, 0.3) is 0 Å². The monoisotopic (exact) mass is 182 g/mol. The normalized spacial score (nSPS) is 12.0. The number of hydrogen-bond donors (Lipinski definition) is 1. The van der Waals surface area contributed by atoms with Gasteiger partial charge in [0.2, 0.25) is 0 Å². The molecule has 1 heterocycles. The second-order valence-corrected chi connectivity index (χ2v) is 4.05. The lowest BCUT2D eigenvalue weighted by molar-refractivity contribution is 1.06. The van der Waals surface area contributed by atoms with E-state index in [-0.39, 0.29) is 0 Å². The average molecular weight is 182 g/mol. The summed E-state index contributed by atoms with van der Waals surface area (Å²) < 4.78 is 0. The SMILES string of the molecule is CCC(N)=NCc1ccc(C)s1. The molecule has 1 rings (SSSR count). The van der Waals surface area contributed by atoms with Gasteiger partial charge in [0, 0.05) is 16.2 Å². The summed E-state index contributed by atoms with van der Waals surface area (Å²) in [6, 6.07) is 4.21. The molecule has 0 aliphatic heterocycles. The molecule has 0 unspecified atom stereocenters. The molecule has 0 bridgehead atoms. The lowest BCUT2D eigenvalue weighted by Crippen LogP contribution is -2.09. The summed E-state index contributed by atoms with van der Waals surface area (Å²) in [6.45, 7) is 4.84. The van der Waals surface area contributed by atoms with Crippen LogP contribution in [0.2, 0.25) is 0 Å². The Kier molecular flexibility index (Phi) is 3.29. The fourth-order valence-corrected chi connectivity index (χ4v) is 1.68. The van der Waals surface area contributed by atoms with Crippen LogP contribution in [0.15, 0.2) is 17.1 Å². The van der Waals surface area contributed by atoms with Gasteiger partial charge in [-0.25, -0.2) is 0 Å². The molecule has 66 valence electrons. The van der Waals surface area contributed by atoms with Crippen molar-refractivity contribution in [3.05, 3.63) is 21.9 Å². The highest BCUT2D eigenvalue weighted by Crippen LogP contribution is 2.15. The Bertz CT molecular complexity index is 276. The molecule has 2 nitrogen and oxygen atoms in total. The van der Waals surface area contributed by atoms with Crippen molar-refractivity contribution in [1.82, 2.24) is 0 Å². The molecule has 0 aromatic carbocycles. The molecule has 0 amide bonds. The first-order chi connectivity index (χ1) is 5.72. The Morgan fingerprint density at radius 1 is 1.58 bits per heavy atom. The van der Waals surface area contributed by atoms with E-state index in [0.717, 1.165) is 18.8 Å². The molecule has 1 aromatic heterocycles. The number of hydrogen-bond acceptors (Lipinski definition) is 2. The van der Waals surface area contributed by atoms with E-state index in [1.54, 1.807) is 11.3 Å². The standard InChI is InChI=1S/C9H14N2S/c1-3-9(10)11-6-8-5-4-7(2)12-8/h4-5H,3,6H2,1-2H3,(H2,10,11). The number of thiophene rings is 1. The van der Waals surface area contributed by atoms with Gasteiger partial charge in [0.25, 0.3) is 0 Å². The van der Waals surface area contributed by atoms with E-state index in [1.165, 1.54) is 9.75 Å². The Hall–Kier alpha value is -0.830. The highest BCUT2D eigenvalue weighted by atomic mass is 32.1. The van der Waals surface area contributed by atoms with Gasteiger partial charge in [-0.1, -0.05) is 6.92 Å². The molecule has 1 aromatic rings. The van der Waals surface area contributed by atoms with Crippen molar-refractivity contribution in [2.45, 2.75) is 26.8 Å². The summed E-state index contributed by atoms with van der Waals surface area (Å²) in [6.07, 6.45) is 0.838. The molecular formula is C9H14N2S. The number of nitrogens with zero attached hydrogens (tertiary/aromatic N) is 1. The molecule has 3 heteroatoms. The quantitative estimate of drug-likeness (QED) is 0.565. The largest absolute Gasteiger partial charge is 0.387 e. The Morgan fingerprint density at radius 3 is 2.83 bits per heavy atom. The number of nitrogens with two attached hydrogens (primary N) is 1. The third-order valence-electron chi connectivity index (χ3n) is 1.60. The first-order valence-corrected chi connectivity index (χ1v) is 4.88. The van der Waals surface area contributed by atoms with Crippen molar-refractivity contribution in [2.75, 3.05) is 0 Å². The molecule has 0 fully saturated rings. The maximum atomic E-state index is 5.58. The highest BCUT2D eigenvalue weighted by Gasteiger charge is 1.94. The van der Waals surface area contributed by atoms with Crippen molar-refractivity contribution in [1.29, 1.82) is 0 Å². The lowest BCUT2D eigenvalue weighted by atomic mass is 10.4. The molecule has 0 spiro atoms. The van der Waals surface area contributed by atoms with Crippen molar-refractivity contribution >= 4 is 17.2 Å². The average Bonchev–Trinajstić information content (AvgIpc) is 2.47. The first kappa shape index (κ1) is 9.26. The van der Waals surface area contributed by atoms with E-state index < -0.39 is 0 Å². The third kappa shape index (κ3) is 2.66. The number of aryl methyl sites for hydroxylation is 1. The Morgan fingerprint density at radius 2 is 2.33 bits per heavy atom. The predicted octanol–water partition coefficient (Wildman–Crippen LogP) is 2.32. The van der Waals surface area contributed by atoms with Gasteiger partial charge in [0.05, 0.1) is 12.4 Å². The predicted molar refractivity (Wildman–Crippen MR) is 54.7 cm³/mol. The van der Waals surface area contributed by atoms with E-state index >= 15 is 0 Å². The maximum Gasteiger partial charge on any atom is 0.0938 e. The second-order valence-electron chi connectivity index (χ2n) is 2.67. The summed E-state index contributed by atoms with van der Waals surface area (Å²) >= 11 is 1.78. The van der Waals surface area contributed by atoms with Gasteiger partial charge in [-0.05, 0) is 19.1 Å². The fraction of sp³-hybridized carbons (Fsp3) is 0.444. The van der Waals surface area contributed by atoms with Gasteiger partial charge < -0.3 is 5.73 Å². The highest BCUT2D eigenvalue weighted by molar-refractivity contribution is 7.11. The minimum absolute atomic E-state index is 0.734. The zero-order chi connectivity index (χ0) is 8.97. The van der Waals surface area contributed by atoms with Crippen molar-refractivity contribution in [2.24, 2.45) is 10.7 Å². The minimum Gasteiger partial charge on any atom is -0.387 e. The smallest absolute Gasteiger partial charge is 0.0938 e. The second kappa shape index (κ2) is 4.26. The molecule has 0 atom stereocenters. The van der Waals surface area contributed by atoms with E-state index in [4.69, 9.17) is 5.73 Å². The van der Waals surface area contributed by atoms with Gasteiger partial charge in [-0.15, -0.1) is 11.3 Å². The summed E-state index contributed by atoms with van der Waals surface area (Å²) in [5, 5.41) is 0. The van der Waals surface area contributed by atoms with E-state index in [9.17, 15) is 0 Å². The number of amidine groups is 1. The summed E-state index contributed by atoms with van der Waals surface area (Å²) in [7, 11) is 0. The molecule has 0 aliphatic rings. The molecule has 2 N–H and O–H groups in total. The summed E-state index contributed by atoms with van der Waals surface area (Å²) in [4.78, 5) is 6.84.